The lowest BCUT2D eigenvalue weighted by atomic mass is 9.89. The van der Waals surface area contributed by atoms with Crippen LogP contribution >= 0.6 is 0 Å². The smallest absolute Gasteiger partial charge is 0.143 e. The molecule has 1 aliphatic carbocycles. The number of furan rings is 1. The van der Waals surface area contributed by atoms with Crippen LogP contribution < -0.4 is 4.90 Å². The minimum Gasteiger partial charge on any atom is -0.455 e. The maximum absolute atomic E-state index is 6.71. The summed E-state index contributed by atoms with van der Waals surface area (Å²) in [5.41, 5.74) is 11.3. The van der Waals surface area contributed by atoms with Gasteiger partial charge in [0.2, 0.25) is 0 Å². The van der Waals surface area contributed by atoms with E-state index in [4.69, 9.17) is 4.42 Å². The van der Waals surface area contributed by atoms with E-state index in [9.17, 15) is 0 Å². The van der Waals surface area contributed by atoms with Crippen LogP contribution in [0.3, 0.4) is 0 Å². The second-order valence-corrected chi connectivity index (χ2v) is 12.5. The summed E-state index contributed by atoms with van der Waals surface area (Å²) < 4.78 is 6.71. The average Bonchev–Trinajstić information content (AvgIpc) is 3.56. The second-order valence-electron chi connectivity index (χ2n) is 12.5. The molecule has 1 aromatic heterocycles. The molecule has 2 nitrogen and oxygen atoms in total. The number of fused-ring (bicyclic) bond motifs is 5. The van der Waals surface area contributed by atoms with Gasteiger partial charge in [-0.05, 0) is 70.6 Å². The van der Waals surface area contributed by atoms with Crippen molar-refractivity contribution in [1.29, 1.82) is 0 Å². The Morgan fingerprint density at radius 1 is 0.500 bits per heavy atom. The SMILES string of the molecule is C1=CCC(c2cccc3oc4c5ccccc5c(N(c5ccc(-c6ccccc6)cc5)c5ccc(-c6ccccc6)cc5)cc4c23)C=C1. The molecule has 1 atom stereocenters. The molecule has 0 N–H and O–H groups in total. The Kier molecular flexibility index (Phi) is 6.98. The molecular weight excluding hydrogens is 583 g/mol. The summed E-state index contributed by atoms with van der Waals surface area (Å²) in [4.78, 5) is 2.40. The first-order valence-corrected chi connectivity index (χ1v) is 16.6. The molecule has 0 fully saturated rings. The van der Waals surface area contributed by atoms with Gasteiger partial charge in [0.25, 0.3) is 0 Å². The van der Waals surface area contributed by atoms with Crippen molar-refractivity contribution < 1.29 is 4.42 Å². The standard InChI is InChI=1S/C46H33NO/c1-4-13-32(14-5-1)34-23-27-37(28-24-34)47(38-29-25-35(26-30-38)33-15-6-2-7-16-33)43-31-42-45-39(36-17-8-3-9-18-36)21-12-22-44(45)48-46(42)41-20-11-10-19-40(41)43/h1-17,19-31,36H,18H2. The van der Waals surface area contributed by atoms with E-state index in [1.54, 1.807) is 0 Å². The summed E-state index contributed by atoms with van der Waals surface area (Å²) >= 11 is 0. The molecule has 1 unspecified atom stereocenters. The summed E-state index contributed by atoms with van der Waals surface area (Å²) in [5.74, 6) is 0.307. The highest BCUT2D eigenvalue weighted by atomic mass is 16.3. The summed E-state index contributed by atoms with van der Waals surface area (Å²) in [6, 6.07) is 56.5. The summed E-state index contributed by atoms with van der Waals surface area (Å²) in [6.45, 7) is 0. The Bertz CT molecular complexity index is 2370. The highest BCUT2D eigenvalue weighted by molar-refractivity contribution is 6.20. The van der Waals surface area contributed by atoms with Crippen molar-refractivity contribution in [3.63, 3.8) is 0 Å². The zero-order valence-corrected chi connectivity index (χ0v) is 26.5. The van der Waals surface area contributed by atoms with Gasteiger partial charge in [-0.1, -0.05) is 146 Å². The molecule has 8 aromatic rings. The van der Waals surface area contributed by atoms with Gasteiger partial charge in [0.1, 0.15) is 11.2 Å². The normalized spacial score (nSPS) is 14.2. The molecule has 0 aliphatic heterocycles. The summed E-state index contributed by atoms with van der Waals surface area (Å²) in [5, 5.41) is 4.59. The van der Waals surface area contributed by atoms with E-state index in [-0.39, 0.29) is 0 Å². The van der Waals surface area contributed by atoms with Gasteiger partial charge >= 0.3 is 0 Å². The van der Waals surface area contributed by atoms with E-state index in [0.29, 0.717) is 5.92 Å². The van der Waals surface area contributed by atoms with Crippen LogP contribution in [0, 0.1) is 0 Å². The van der Waals surface area contributed by atoms with Gasteiger partial charge in [-0.2, -0.15) is 0 Å². The van der Waals surface area contributed by atoms with Gasteiger partial charge in [-0.25, -0.2) is 0 Å². The predicted octanol–water partition coefficient (Wildman–Crippen LogP) is 13.1. The van der Waals surface area contributed by atoms with E-state index >= 15 is 0 Å². The van der Waals surface area contributed by atoms with E-state index in [0.717, 1.165) is 50.8 Å². The second kappa shape index (κ2) is 11.9. The van der Waals surface area contributed by atoms with Gasteiger partial charge in [-0.15, -0.1) is 0 Å². The Hall–Kier alpha value is -6.12. The molecule has 0 bridgehead atoms. The number of rotatable bonds is 6. The third kappa shape index (κ3) is 4.90. The quantitative estimate of drug-likeness (QED) is 0.185. The fourth-order valence-corrected chi connectivity index (χ4v) is 7.26. The fraction of sp³-hybridized carbons (Fsp3) is 0.0435. The van der Waals surface area contributed by atoms with Gasteiger partial charge in [0.05, 0.1) is 5.69 Å². The third-order valence-corrected chi connectivity index (χ3v) is 9.60. The van der Waals surface area contributed by atoms with Crippen LogP contribution in [0.15, 0.2) is 186 Å². The van der Waals surface area contributed by atoms with E-state index < -0.39 is 0 Å². The van der Waals surface area contributed by atoms with Crippen molar-refractivity contribution in [1.82, 2.24) is 0 Å². The van der Waals surface area contributed by atoms with E-state index in [1.807, 2.05) is 0 Å². The molecule has 228 valence electrons. The Labute approximate surface area is 280 Å². The lowest BCUT2D eigenvalue weighted by Crippen LogP contribution is -2.10. The molecule has 0 saturated heterocycles. The van der Waals surface area contributed by atoms with Crippen molar-refractivity contribution >= 4 is 49.8 Å². The number of anilines is 3. The first kappa shape index (κ1) is 28.1. The number of nitrogens with zero attached hydrogens (tertiary/aromatic N) is 1. The van der Waals surface area contributed by atoms with Gasteiger partial charge in [0, 0.05) is 38.8 Å². The van der Waals surface area contributed by atoms with E-state index in [2.05, 4.69) is 187 Å². The first-order chi connectivity index (χ1) is 23.8. The molecule has 2 heteroatoms. The van der Waals surface area contributed by atoms with Crippen LogP contribution in [0.2, 0.25) is 0 Å². The average molecular weight is 616 g/mol. The molecule has 0 spiro atoms. The molecule has 9 rings (SSSR count). The highest BCUT2D eigenvalue weighted by Crippen LogP contribution is 2.46. The number of hydrogen-bond donors (Lipinski definition) is 0. The molecule has 7 aromatic carbocycles. The van der Waals surface area contributed by atoms with Crippen LogP contribution in [0.5, 0.6) is 0 Å². The van der Waals surface area contributed by atoms with E-state index in [1.165, 1.54) is 33.2 Å². The van der Waals surface area contributed by atoms with Crippen LogP contribution in [-0.2, 0) is 0 Å². The van der Waals surface area contributed by atoms with Crippen LogP contribution in [0.1, 0.15) is 17.9 Å². The Morgan fingerprint density at radius 3 is 1.69 bits per heavy atom. The maximum Gasteiger partial charge on any atom is 0.143 e. The molecule has 1 heterocycles. The van der Waals surface area contributed by atoms with Gasteiger partial charge in [0.15, 0.2) is 0 Å². The zero-order valence-electron chi connectivity index (χ0n) is 26.5. The molecule has 0 saturated carbocycles. The zero-order chi connectivity index (χ0) is 31.9. The van der Waals surface area contributed by atoms with Crippen molar-refractivity contribution in [2.45, 2.75) is 12.3 Å². The molecule has 0 amide bonds. The lowest BCUT2D eigenvalue weighted by Gasteiger charge is -2.27. The molecule has 0 radical (unpaired) electrons. The van der Waals surface area contributed by atoms with Crippen molar-refractivity contribution in [3.8, 4) is 22.3 Å². The van der Waals surface area contributed by atoms with Crippen molar-refractivity contribution in [2.75, 3.05) is 4.90 Å². The van der Waals surface area contributed by atoms with Crippen molar-refractivity contribution in [3.05, 3.63) is 188 Å². The third-order valence-electron chi connectivity index (χ3n) is 9.60. The van der Waals surface area contributed by atoms with Gasteiger partial charge in [-0.3, -0.25) is 0 Å². The molecular formula is C46H33NO. The molecule has 1 aliphatic rings. The van der Waals surface area contributed by atoms with Crippen LogP contribution in [-0.4, -0.2) is 0 Å². The monoisotopic (exact) mass is 615 g/mol. The van der Waals surface area contributed by atoms with Gasteiger partial charge < -0.3 is 9.32 Å². The number of benzene rings is 7. The maximum atomic E-state index is 6.71. The highest BCUT2D eigenvalue weighted by Gasteiger charge is 2.23. The summed E-state index contributed by atoms with van der Waals surface area (Å²) in [7, 11) is 0. The topological polar surface area (TPSA) is 16.4 Å². The fourth-order valence-electron chi connectivity index (χ4n) is 7.26. The first-order valence-electron chi connectivity index (χ1n) is 16.6. The lowest BCUT2D eigenvalue weighted by molar-refractivity contribution is 0.672. The van der Waals surface area contributed by atoms with Crippen molar-refractivity contribution in [2.24, 2.45) is 0 Å². The predicted molar refractivity (Wildman–Crippen MR) is 202 cm³/mol. The summed E-state index contributed by atoms with van der Waals surface area (Å²) in [6.07, 6.45) is 9.85. The van der Waals surface area contributed by atoms with Crippen LogP contribution in [0.4, 0.5) is 17.1 Å². The number of hydrogen-bond acceptors (Lipinski definition) is 2. The Morgan fingerprint density at radius 2 is 1.08 bits per heavy atom. The minimum atomic E-state index is 0.307. The largest absolute Gasteiger partial charge is 0.455 e. The van der Waals surface area contributed by atoms with Crippen LogP contribution in [0.25, 0.3) is 55.0 Å². The number of allylic oxidation sites excluding steroid dienone is 4. The minimum absolute atomic E-state index is 0.307. The molecule has 48 heavy (non-hydrogen) atoms. The Balaban J connectivity index is 1.28.